The van der Waals surface area contributed by atoms with Gasteiger partial charge in [0.05, 0.1) is 17.2 Å². The fraction of sp³-hybridized carbons (Fsp3) is 0.143. The van der Waals surface area contributed by atoms with Crippen LogP contribution in [0.4, 0.5) is 0 Å². The molecule has 19 heavy (non-hydrogen) atoms. The standard InChI is InChI=1S/C14H12ClNO3/c1-2-18-14(17)11-9-16-13(8-12(11)15)19-10-6-4-3-5-7-10/h3-9H,2H2,1H3. The zero-order valence-electron chi connectivity index (χ0n) is 10.3. The Morgan fingerprint density at radius 3 is 2.68 bits per heavy atom. The molecule has 0 atom stereocenters. The van der Waals surface area contributed by atoms with Crippen LogP contribution in [0.25, 0.3) is 0 Å². The third-order valence-electron chi connectivity index (χ3n) is 2.29. The zero-order chi connectivity index (χ0) is 13.7. The van der Waals surface area contributed by atoms with E-state index in [2.05, 4.69) is 4.98 Å². The summed E-state index contributed by atoms with van der Waals surface area (Å²) in [7, 11) is 0. The molecule has 0 bridgehead atoms. The number of para-hydroxylation sites is 1. The second kappa shape index (κ2) is 6.20. The minimum Gasteiger partial charge on any atom is -0.462 e. The smallest absolute Gasteiger partial charge is 0.341 e. The molecule has 0 spiro atoms. The van der Waals surface area contributed by atoms with E-state index in [1.807, 2.05) is 18.2 Å². The highest BCUT2D eigenvalue weighted by Crippen LogP contribution is 2.24. The quantitative estimate of drug-likeness (QED) is 0.800. The lowest BCUT2D eigenvalue weighted by Gasteiger charge is -2.07. The molecule has 0 radical (unpaired) electrons. The van der Waals surface area contributed by atoms with Crippen molar-refractivity contribution in [2.75, 3.05) is 6.61 Å². The Kier molecular flexibility index (Phi) is 4.36. The second-order valence-electron chi connectivity index (χ2n) is 3.64. The van der Waals surface area contributed by atoms with Gasteiger partial charge in [0.1, 0.15) is 5.75 Å². The predicted molar refractivity (Wildman–Crippen MR) is 71.7 cm³/mol. The highest BCUT2D eigenvalue weighted by molar-refractivity contribution is 6.33. The summed E-state index contributed by atoms with van der Waals surface area (Å²) < 4.78 is 10.4. The molecule has 0 aliphatic rings. The van der Waals surface area contributed by atoms with E-state index in [0.717, 1.165) is 0 Å². The van der Waals surface area contributed by atoms with Gasteiger partial charge in [-0.3, -0.25) is 0 Å². The summed E-state index contributed by atoms with van der Waals surface area (Å²) in [4.78, 5) is 15.6. The predicted octanol–water partition coefficient (Wildman–Crippen LogP) is 3.70. The van der Waals surface area contributed by atoms with Gasteiger partial charge in [0, 0.05) is 12.3 Å². The van der Waals surface area contributed by atoms with E-state index in [0.29, 0.717) is 11.6 Å². The molecule has 1 heterocycles. The summed E-state index contributed by atoms with van der Waals surface area (Å²) >= 11 is 6.01. The first-order chi connectivity index (χ1) is 9.20. The van der Waals surface area contributed by atoms with Crippen LogP contribution >= 0.6 is 11.6 Å². The fourth-order valence-corrected chi connectivity index (χ4v) is 1.66. The number of carbonyl (C=O) groups excluding carboxylic acids is 1. The number of rotatable bonds is 4. The minimum atomic E-state index is -0.494. The van der Waals surface area contributed by atoms with Gasteiger partial charge in [-0.05, 0) is 19.1 Å². The van der Waals surface area contributed by atoms with Gasteiger partial charge >= 0.3 is 5.97 Å². The maximum Gasteiger partial charge on any atom is 0.341 e. The van der Waals surface area contributed by atoms with Crippen molar-refractivity contribution < 1.29 is 14.3 Å². The Labute approximate surface area is 115 Å². The van der Waals surface area contributed by atoms with Gasteiger partial charge in [-0.2, -0.15) is 0 Å². The molecule has 0 fully saturated rings. The highest BCUT2D eigenvalue weighted by Gasteiger charge is 2.13. The number of pyridine rings is 1. The first-order valence-electron chi connectivity index (χ1n) is 5.76. The van der Waals surface area contributed by atoms with Crippen molar-refractivity contribution >= 4 is 17.6 Å². The topological polar surface area (TPSA) is 48.4 Å². The molecule has 0 amide bonds. The average molecular weight is 278 g/mol. The van der Waals surface area contributed by atoms with Crippen molar-refractivity contribution in [2.45, 2.75) is 6.92 Å². The lowest BCUT2D eigenvalue weighted by molar-refractivity contribution is 0.0526. The molecule has 2 aromatic rings. The van der Waals surface area contributed by atoms with Gasteiger partial charge in [0.25, 0.3) is 0 Å². The number of ether oxygens (including phenoxy) is 2. The average Bonchev–Trinajstić information content (AvgIpc) is 2.40. The van der Waals surface area contributed by atoms with Crippen molar-refractivity contribution in [1.82, 2.24) is 4.98 Å². The van der Waals surface area contributed by atoms with Crippen molar-refractivity contribution in [1.29, 1.82) is 0 Å². The number of hydrogen-bond donors (Lipinski definition) is 0. The molecule has 0 saturated heterocycles. The molecule has 4 nitrogen and oxygen atoms in total. The highest BCUT2D eigenvalue weighted by atomic mass is 35.5. The van der Waals surface area contributed by atoms with E-state index < -0.39 is 5.97 Å². The van der Waals surface area contributed by atoms with Crippen LogP contribution in [0.5, 0.6) is 11.6 Å². The molecule has 0 aliphatic carbocycles. The van der Waals surface area contributed by atoms with Crippen molar-refractivity contribution in [2.24, 2.45) is 0 Å². The number of hydrogen-bond acceptors (Lipinski definition) is 4. The van der Waals surface area contributed by atoms with Crippen LogP contribution in [0.2, 0.25) is 5.02 Å². The van der Waals surface area contributed by atoms with Crippen LogP contribution < -0.4 is 4.74 Å². The molecule has 2 rings (SSSR count). The van der Waals surface area contributed by atoms with Crippen molar-refractivity contribution in [3.05, 3.63) is 53.2 Å². The second-order valence-corrected chi connectivity index (χ2v) is 4.05. The third-order valence-corrected chi connectivity index (χ3v) is 2.60. The zero-order valence-corrected chi connectivity index (χ0v) is 11.1. The van der Waals surface area contributed by atoms with E-state index in [1.165, 1.54) is 12.3 Å². The van der Waals surface area contributed by atoms with E-state index in [1.54, 1.807) is 19.1 Å². The fourth-order valence-electron chi connectivity index (χ4n) is 1.44. The number of halogens is 1. The van der Waals surface area contributed by atoms with Crippen LogP contribution in [0, 0.1) is 0 Å². The maximum absolute atomic E-state index is 11.5. The molecular weight excluding hydrogens is 266 g/mol. The Bertz CT molecular complexity index is 572. The Hall–Kier alpha value is -2.07. The molecule has 0 N–H and O–H groups in total. The molecule has 5 heteroatoms. The van der Waals surface area contributed by atoms with E-state index in [-0.39, 0.29) is 17.2 Å². The molecular formula is C14H12ClNO3. The Morgan fingerprint density at radius 1 is 1.32 bits per heavy atom. The van der Waals surface area contributed by atoms with Gasteiger partial charge in [-0.25, -0.2) is 9.78 Å². The monoisotopic (exact) mass is 277 g/mol. The van der Waals surface area contributed by atoms with Crippen LogP contribution in [-0.4, -0.2) is 17.6 Å². The Balaban J connectivity index is 2.17. The van der Waals surface area contributed by atoms with E-state index >= 15 is 0 Å². The normalized spacial score (nSPS) is 10.0. The number of esters is 1. The largest absolute Gasteiger partial charge is 0.462 e. The van der Waals surface area contributed by atoms with E-state index in [9.17, 15) is 4.79 Å². The number of carbonyl (C=O) groups is 1. The summed E-state index contributed by atoms with van der Waals surface area (Å²) in [6.07, 6.45) is 1.35. The van der Waals surface area contributed by atoms with Crippen LogP contribution in [-0.2, 0) is 4.74 Å². The molecule has 1 aromatic heterocycles. The minimum absolute atomic E-state index is 0.226. The molecule has 98 valence electrons. The van der Waals surface area contributed by atoms with Crippen molar-refractivity contribution in [3.8, 4) is 11.6 Å². The lowest BCUT2D eigenvalue weighted by Crippen LogP contribution is -2.06. The first kappa shape index (κ1) is 13.4. The van der Waals surface area contributed by atoms with Gasteiger partial charge in [-0.1, -0.05) is 29.8 Å². The summed E-state index contributed by atoms with van der Waals surface area (Å²) in [5.41, 5.74) is 0.226. The SMILES string of the molecule is CCOC(=O)c1cnc(Oc2ccccc2)cc1Cl. The van der Waals surface area contributed by atoms with Crippen molar-refractivity contribution in [3.63, 3.8) is 0 Å². The molecule has 0 aliphatic heterocycles. The van der Waals surface area contributed by atoms with Gasteiger partial charge in [0.2, 0.25) is 5.88 Å². The number of nitrogens with zero attached hydrogens (tertiary/aromatic N) is 1. The molecule has 0 unspecified atom stereocenters. The van der Waals surface area contributed by atoms with Gasteiger partial charge in [-0.15, -0.1) is 0 Å². The van der Waals surface area contributed by atoms with Crippen LogP contribution in [0.15, 0.2) is 42.6 Å². The number of benzene rings is 1. The number of aromatic nitrogens is 1. The summed E-state index contributed by atoms with van der Waals surface area (Å²) in [6.45, 7) is 2.02. The summed E-state index contributed by atoms with van der Waals surface area (Å²) in [5.74, 6) is 0.477. The lowest BCUT2D eigenvalue weighted by atomic mass is 10.3. The molecule has 0 saturated carbocycles. The summed E-state index contributed by atoms with van der Waals surface area (Å²) in [5, 5.41) is 0.249. The van der Waals surface area contributed by atoms with Crippen LogP contribution in [0.1, 0.15) is 17.3 Å². The van der Waals surface area contributed by atoms with Gasteiger partial charge in [0.15, 0.2) is 0 Å². The van der Waals surface area contributed by atoms with E-state index in [4.69, 9.17) is 21.1 Å². The third kappa shape index (κ3) is 3.45. The maximum atomic E-state index is 11.5. The molecule has 1 aromatic carbocycles. The van der Waals surface area contributed by atoms with Gasteiger partial charge < -0.3 is 9.47 Å². The van der Waals surface area contributed by atoms with Crippen LogP contribution in [0.3, 0.4) is 0 Å². The summed E-state index contributed by atoms with van der Waals surface area (Å²) in [6, 6.07) is 10.7. The first-order valence-corrected chi connectivity index (χ1v) is 6.14. The Morgan fingerprint density at radius 2 is 2.05 bits per heavy atom.